The number of hydrogen-bond acceptors (Lipinski definition) is 0. The van der Waals surface area contributed by atoms with Crippen molar-refractivity contribution in [2.75, 3.05) is 0 Å². The first-order valence-electron chi connectivity index (χ1n) is 5.31. The van der Waals surface area contributed by atoms with Crippen LogP contribution in [0.3, 0.4) is 0 Å². The standard InChI is InChI=1S/2C6H7.CH3.Ga/c2*1-6-4-2-3-5-6;;/h2*2-5H,1H3;1H3;. The second kappa shape index (κ2) is 3.32. The molecule has 0 amide bonds. The Morgan fingerprint density at radius 3 is 1.29 bits per heavy atom. The van der Waals surface area contributed by atoms with Crippen molar-refractivity contribution >= 4 is 16.2 Å². The normalized spacial score (nSPS) is 24.8. The van der Waals surface area contributed by atoms with Crippen LogP contribution in [0.15, 0.2) is 48.6 Å². The van der Waals surface area contributed by atoms with E-state index >= 15 is 0 Å². The van der Waals surface area contributed by atoms with Gasteiger partial charge in [0.1, 0.15) is 0 Å². The van der Waals surface area contributed by atoms with Gasteiger partial charge in [-0.2, -0.15) is 0 Å². The maximum absolute atomic E-state index is 2.52. The predicted molar refractivity (Wildman–Crippen MR) is 64.9 cm³/mol. The van der Waals surface area contributed by atoms with Crippen LogP contribution in [0.25, 0.3) is 0 Å². The second-order valence-corrected chi connectivity index (χ2v) is 13.1. The van der Waals surface area contributed by atoms with E-state index in [1.807, 2.05) is 0 Å². The van der Waals surface area contributed by atoms with Crippen molar-refractivity contribution in [3.05, 3.63) is 48.6 Å². The summed E-state index contributed by atoms with van der Waals surface area (Å²) in [7, 11) is 0. The quantitative estimate of drug-likeness (QED) is 0.645. The van der Waals surface area contributed by atoms with E-state index in [1.165, 1.54) is 0 Å². The zero-order chi connectivity index (χ0) is 10.2. The van der Waals surface area contributed by atoms with Crippen LogP contribution in [0.2, 0.25) is 13.4 Å². The second-order valence-electron chi connectivity index (χ2n) is 4.89. The third-order valence-corrected chi connectivity index (χ3v) is 13.4. The molecule has 1 heteroatoms. The van der Waals surface area contributed by atoms with Crippen molar-refractivity contribution in [2.45, 2.75) is 27.3 Å². The van der Waals surface area contributed by atoms with Gasteiger partial charge in [-0.1, -0.05) is 0 Å². The van der Waals surface area contributed by atoms with Crippen LogP contribution in [0.5, 0.6) is 0 Å². The van der Waals surface area contributed by atoms with E-state index < -0.39 is 16.2 Å². The fraction of sp³-hybridized carbons (Fsp3) is 0.385. The molecular weight excluding hydrogens is 226 g/mol. The van der Waals surface area contributed by atoms with Crippen molar-refractivity contribution in [1.29, 1.82) is 0 Å². The summed E-state index contributed by atoms with van der Waals surface area (Å²) in [5.41, 5.74) is 2.52. The molecule has 2 aliphatic rings. The van der Waals surface area contributed by atoms with Crippen LogP contribution in [-0.2, 0) is 0 Å². The molecular formula is C13H17Ga. The Morgan fingerprint density at radius 1 is 0.714 bits per heavy atom. The third kappa shape index (κ3) is 1.49. The van der Waals surface area contributed by atoms with Crippen molar-refractivity contribution in [1.82, 2.24) is 0 Å². The summed E-state index contributed by atoms with van der Waals surface area (Å²) >= 11 is -1.40. The molecule has 0 saturated heterocycles. The summed E-state index contributed by atoms with van der Waals surface area (Å²) in [6.45, 7) is 4.78. The van der Waals surface area contributed by atoms with E-state index in [0.717, 1.165) is 0 Å². The predicted octanol–water partition coefficient (Wildman–Crippen LogP) is 3.88. The van der Waals surface area contributed by atoms with Crippen LogP contribution in [0, 0.1) is 0 Å². The molecule has 14 heavy (non-hydrogen) atoms. The zero-order valence-electron chi connectivity index (χ0n) is 9.20. The van der Waals surface area contributed by atoms with Crippen molar-refractivity contribution in [3.8, 4) is 0 Å². The van der Waals surface area contributed by atoms with Crippen LogP contribution >= 0.6 is 0 Å². The third-order valence-electron chi connectivity index (χ3n) is 3.91. The topological polar surface area (TPSA) is 0 Å². The van der Waals surface area contributed by atoms with Gasteiger partial charge in [0.25, 0.3) is 0 Å². The molecule has 0 aromatic rings. The summed E-state index contributed by atoms with van der Waals surface area (Å²) in [6, 6.07) is 0. The summed E-state index contributed by atoms with van der Waals surface area (Å²) in [4.78, 5) is 0. The van der Waals surface area contributed by atoms with Crippen molar-refractivity contribution in [2.24, 2.45) is 0 Å². The fourth-order valence-electron chi connectivity index (χ4n) is 2.41. The molecule has 0 unspecified atom stereocenters. The molecule has 0 aliphatic heterocycles. The Balaban J connectivity index is 2.28. The molecule has 0 fully saturated rings. The van der Waals surface area contributed by atoms with Gasteiger partial charge in [-0.05, 0) is 0 Å². The molecule has 0 atom stereocenters. The average Bonchev–Trinajstić information content (AvgIpc) is 2.75. The Morgan fingerprint density at radius 2 is 1.00 bits per heavy atom. The Kier molecular flexibility index (Phi) is 2.40. The molecule has 72 valence electrons. The van der Waals surface area contributed by atoms with Gasteiger partial charge < -0.3 is 0 Å². The first-order valence-corrected chi connectivity index (χ1v) is 10.2. The van der Waals surface area contributed by atoms with Gasteiger partial charge in [-0.3, -0.25) is 0 Å². The monoisotopic (exact) mass is 242 g/mol. The van der Waals surface area contributed by atoms with Crippen molar-refractivity contribution < 1.29 is 0 Å². The minimum absolute atomic E-state index is 0.404. The van der Waals surface area contributed by atoms with Crippen LogP contribution in [0.1, 0.15) is 13.8 Å². The summed E-state index contributed by atoms with van der Waals surface area (Å²) in [6.07, 6.45) is 18.4. The fourth-order valence-corrected chi connectivity index (χ4v) is 8.58. The molecule has 0 aromatic carbocycles. The van der Waals surface area contributed by atoms with E-state index in [2.05, 4.69) is 67.9 Å². The minimum atomic E-state index is -1.40. The van der Waals surface area contributed by atoms with Gasteiger partial charge in [0.2, 0.25) is 0 Å². The van der Waals surface area contributed by atoms with E-state index in [4.69, 9.17) is 0 Å². The van der Waals surface area contributed by atoms with Crippen molar-refractivity contribution in [3.63, 3.8) is 0 Å². The summed E-state index contributed by atoms with van der Waals surface area (Å²) in [5, 5.41) is 0. The molecule has 0 nitrogen and oxygen atoms in total. The Labute approximate surface area is 92.1 Å². The molecule has 0 bridgehead atoms. The van der Waals surface area contributed by atoms with Gasteiger partial charge in [0.15, 0.2) is 0 Å². The van der Waals surface area contributed by atoms with E-state index in [9.17, 15) is 0 Å². The van der Waals surface area contributed by atoms with Gasteiger partial charge in [0.05, 0.1) is 0 Å². The number of rotatable bonds is 2. The molecule has 0 spiro atoms. The van der Waals surface area contributed by atoms with E-state index in [-0.39, 0.29) is 0 Å². The van der Waals surface area contributed by atoms with Gasteiger partial charge in [-0.15, -0.1) is 0 Å². The first kappa shape index (κ1) is 10.1. The molecule has 0 N–H and O–H groups in total. The van der Waals surface area contributed by atoms with E-state index in [1.54, 1.807) is 0 Å². The van der Waals surface area contributed by atoms with Gasteiger partial charge in [0, 0.05) is 0 Å². The van der Waals surface area contributed by atoms with Crippen LogP contribution < -0.4 is 0 Å². The Hall–Kier alpha value is -0.404. The summed E-state index contributed by atoms with van der Waals surface area (Å²) in [5.74, 6) is 0. The average molecular weight is 243 g/mol. The van der Waals surface area contributed by atoms with Crippen LogP contribution in [0.4, 0.5) is 0 Å². The van der Waals surface area contributed by atoms with E-state index in [0.29, 0.717) is 7.94 Å². The number of hydrogen-bond donors (Lipinski definition) is 0. The molecule has 2 aliphatic carbocycles. The van der Waals surface area contributed by atoms with Crippen LogP contribution in [-0.4, -0.2) is 16.2 Å². The molecule has 0 heterocycles. The summed E-state index contributed by atoms with van der Waals surface area (Å²) < 4.78 is 0.807. The Bertz CT molecular complexity index is 286. The molecule has 2 rings (SSSR count). The zero-order valence-corrected chi connectivity index (χ0v) is 11.6. The number of allylic oxidation sites excluding steroid dienone is 8. The molecule has 0 aromatic heterocycles. The first-order chi connectivity index (χ1) is 6.57. The van der Waals surface area contributed by atoms with Gasteiger partial charge >= 0.3 is 92.1 Å². The molecule has 0 radical (unpaired) electrons. The molecule has 0 saturated carbocycles. The maximum atomic E-state index is 2.52. The SMILES string of the molecule is [CH3][Ga]([C]1(C)C=CC=C1)[C]1(C)C=CC=C1. The van der Waals surface area contributed by atoms with Gasteiger partial charge in [-0.25, -0.2) is 0 Å².